The third-order valence-corrected chi connectivity index (χ3v) is 4.88. The summed E-state index contributed by atoms with van der Waals surface area (Å²) in [4.78, 5) is 11.6. The van der Waals surface area contributed by atoms with Crippen molar-refractivity contribution in [3.8, 4) is 11.5 Å². The Balaban J connectivity index is 1.71. The first kappa shape index (κ1) is 17.6. The van der Waals surface area contributed by atoms with E-state index in [1.165, 1.54) is 18.4 Å². The number of hydrogen-bond acceptors (Lipinski definition) is 5. The van der Waals surface area contributed by atoms with E-state index in [0.29, 0.717) is 18.6 Å². The van der Waals surface area contributed by atoms with Crippen molar-refractivity contribution in [2.75, 3.05) is 20.3 Å². The van der Waals surface area contributed by atoms with Crippen LogP contribution < -0.4 is 14.8 Å². The summed E-state index contributed by atoms with van der Waals surface area (Å²) in [6, 6.07) is 6.16. The van der Waals surface area contributed by atoms with E-state index in [4.69, 9.17) is 14.2 Å². The monoisotopic (exact) mass is 345 g/mol. The molecule has 1 heterocycles. The molecular weight excluding hydrogens is 318 g/mol. The van der Waals surface area contributed by atoms with Crippen LogP contribution in [0.2, 0.25) is 0 Å². The van der Waals surface area contributed by atoms with E-state index in [0.717, 1.165) is 43.0 Å². The second kappa shape index (κ2) is 8.28. The molecule has 1 saturated heterocycles. The molecule has 2 fully saturated rings. The number of hydrogen-bond donors (Lipinski definition) is 1. The highest BCUT2D eigenvalue weighted by atomic mass is 16.5. The van der Waals surface area contributed by atoms with Crippen LogP contribution in [0.5, 0.6) is 11.5 Å². The topological polar surface area (TPSA) is 56.8 Å². The maximum Gasteiger partial charge on any atom is 0.332 e. The van der Waals surface area contributed by atoms with E-state index in [1.54, 1.807) is 13.2 Å². The quantitative estimate of drug-likeness (QED) is 0.631. The van der Waals surface area contributed by atoms with Gasteiger partial charge in [-0.3, -0.25) is 0 Å². The minimum absolute atomic E-state index is 0.286. The van der Waals surface area contributed by atoms with Crippen molar-refractivity contribution in [3.63, 3.8) is 0 Å². The van der Waals surface area contributed by atoms with Gasteiger partial charge in [0.25, 0.3) is 0 Å². The standard InChI is InChI=1S/C20H27NO4/c1-3-24-20(22)12-16-10-15(13-21-16)14-8-9-18(23-2)19(11-14)25-17-6-4-5-7-17/h8-9,11-12,15,17,21H,3-7,10,13H2,1-2H3/b16-12+/t15-/m0/s1. The number of carbonyl (C=O) groups excluding carboxylic acids is 1. The summed E-state index contributed by atoms with van der Waals surface area (Å²) >= 11 is 0. The number of benzene rings is 1. The van der Waals surface area contributed by atoms with E-state index in [2.05, 4.69) is 17.4 Å². The van der Waals surface area contributed by atoms with Crippen molar-refractivity contribution in [2.45, 2.75) is 51.0 Å². The van der Waals surface area contributed by atoms with Crippen molar-refractivity contribution < 1.29 is 19.0 Å². The number of ether oxygens (including phenoxy) is 3. The average molecular weight is 345 g/mol. The number of carbonyl (C=O) groups is 1. The van der Waals surface area contributed by atoms with Crippen molar-refractivity contribution in [2.24, 2.45) is 0 Å². The average Bonchev–Trinajstić information content (AvgIpc) is 3.27. The Bertz CT molecular complexity index is 635. The molecule has 136 valence electrons. The zero-order valence-corrected chi connectivity index (χ0v) is 15.0. The first-order valence-electron chi connectivity index (χ1n) is 9.15. The second-order valence-corrected chi connectivity index (χ2v) is 6.64. The maximum absolute atomic E-state index is 11.6. The molecule has 0 amide bonds. The molecule has 0 spiro atoms. The number of nitrogens with one attached hydrogen (secondary N) is 1. The van der Waals surface area contributed by atoms with Crippen LogP contribution in [0.4, 0.5) is 0 Å². The van der Waals surface area contributed by atoms with Crippen LogP contribution in [0.15, 0.2) is 30.0 Å². The van der Waals surface area contributed by atoms with Gasteiger partial charge in [-0.05, 0) is 56.7 Å². The van der Waals surface area contributed by atoms with Gasteiger partial charge in [-0.25, -0.2) is 4.79 Å². The van der Waals surface area contributed by atoms with Gasteiger partial charge >= 0.3 is 5.97 Å². The second-order valence-electron chi connectivity index (χ2n) is 6.64. The summed E-state index contributed by atoms with van der Waals surface area (Å²) in [5.74, 6) is 1.64. The summed E-state index contributed by atoms with van der Waals surface area (Å²) in [5, 5.41) is 3.30. The summed E-state index contributed by atoms with van der Waals surface area (Å²) in [5.41, 5.74) is 2.13. The molecule has 5 heteroatoms. The predicted octanol–water partition coefficient (Wildman–Crippen LogP) is 3.54. The molecule has 5 nitrogen and oxygen atoms in total. The first-order valence-corrected chi connectivity index (χ1v) is 9.15. The fourth-order valence-electron chi connectivity index (χ4n) is 3.56. The van der Waals surface area contributed by atoms with Crippen LogP contribution in [-0.4, -0.2) is 32.3 Å². The fourth-order valence-corrected chi connectivity index (χ4v) is 3.56. The van der Waals surface area contributed by atoms with Crippen molar-refractivity contribution in [1.29, 1.82) is 0 Å². The molecule has 1 aromatic carbocycles. The molecule has 1 aliphatic heterocycles. The maximum atomic E-state index is 11.6. The highest BCUT2D eigenvalue weighted by Crippen LogP contribution is 2.36. The molecule has 2 aliphatic rings. The van der Waals surface area contributed by atoms with E-state index < -0.39 is 0 Å². The first-order chi connectivity index (χ1) is 12.2. The van der Waals surface area contributed by atoms with Crippen molar-refractivity contribution in [1.82, 2.24) is 5.32 Å². The van der Waals surface area contributed by atoms with Crippen LogP contribution >= 0.6 is 0 Å². The normalized spacial score (nSPS) is 22.0. The van der Waals surface area contributed by atoms with Crippen LogP contribution in [-0.2, 0) is 9.53 Å². The Morgan fingerprint density at radius 2 is 2.08 bits per heavy atom. The third kappa shape index (κ3) is 4.47. The zero-order chi connectivity index (χ0) is 17.6. The molecule has 3 rings (SSSR count). The van der Waals surface area contributed by atoms with Crippen LogP contribution in [0, 0.1) is 0 Å². The predicted molar refractivity (Wildman–Crippen MR) is 96.0 cm³/mol. The molecule has 0 aromatic heterocycles. The summed E-state index contributed by atoms with van der Waals surface area (Å²) < 4.78 is 16.6. The number of rotatable bonds is 6. The lowest BCUT2D eigenvalue weighted by Crippen LogP contribution is -2.12. The summed E-state index contributed by atoms with van der Waals surface area (Å²) in [7, 11) is 1.67. The van der Waals surface area contributed by atoms with Gasteiger partial charge in [-0.15, -0.1) is 0 Å². The van der Waals surface area contributed by atoms with Crippen molar-refractivity contribution >= 4 is 5.97 Å². The lowest BCUT2D eigenvalue weighted by atomic mass is 9.97. The molecule has 1 atom stereocenters. The van der Waals surface area contributed by atoms with E-state index in [-0.39, 0.29) is 5.97 Å². The van der Waals surface area contributed by atoms with Crippen LogP contribution in [0.25, 0.3) is 0 Å². The van der Waals surface area contributed by atoms with Gasteiger partial charge in [-0.1, -0.05) is 6.07 Å². The number of allylic oxidation sites excluding steroid dienone is 1. The Hall–Kier alpha value is -2.17. The lowest BCUT2D eigenvalue weighted by Gasteiger charge is -2.18. The van der Waals surface area contributed by atoms with Gasteiger partial charge in [-0.2, -0.15) is 0 Å². The molecule has 25 heavy (non-hydrogen) atoms. The van der Waals surface area contributed by atoms with E-state index >= 15 is 0 Å². The third-order valence-electron chi connectivity index (χ3n) is 4.88. The Labute approximate surface area is 149 Å². The molecule has 1 aliphatic carbocycles. The van der Waals surface area contributed by atoms with E-state index in [9.17, 15) is 4.79 Å². The van der Waals surface area contributed by atoms with Crippen LogP contribution in [0.1, 0.15) is 50.5 Å². The molecular formula is C20H27NO4. The van der Waals surface area contributed by atoms with Gasteiger partial charge in [0.2, 0.25) is 0 Å². The van der Waals surface area contributed by atoms with E-state index in [1.807, 2.05) is 13.0 Å². The van der Waals surface area contributed by atoms with Crippen molar-refractivity contribution in [3.05, 3.63) is 35.5 Å². The Morgan fingerprint density at radius 3 is 2.80 bits per heavy atom. The summed E-state index contributed by atoms with van der Waals surface area (Å²) in [6.45, 7) is 3.01. The van der Waals surface area contributed by atoms with Gasteiger partial charge in [0.05, 0.1) is 19.8 Å². The number of methoxy groups -OCH3 is 1. The molecule has 0 bridgehead atoms. The molecule has 1 N–H and O–H groups in total. The minimum Gasteiger partial charge on any atom is -0.493 e. The highest BCUT2D eigenvalue weighted by Gasteiger charge is 2.24. The number of esters is 1. The Kier molecular flexibility index (Phi) is 5.84. The smallest absolute Gasteiger partial charge is 0.332 e. The minimum atomic E-state index is -0.286. The van der Waals surface area contributed by atoms with Gasteiger partial charge in [0.15, 0.2) is 11.5 Å². The molecule has 1 saturated carbocycles. The largest absolute Gasteiger partial charge is 0.493 e. The highest BCUT2D eigenvalue weighted by molar-refractivity contribution is 5.82. The SMILES string of the molecule is CCOC(=O)/C=C1\C[C@H](c2ccc(OC)c(OC3CCCC3)c2)CN1. The molecule has 1 aromatic rings. The summed E-state index contributed by atoms with van der Waals surface area (Å²) in [6.07, 6.45) is 7.36. The van der Waals surface area contributed by atoms with Gasteiger partial charge in [0, 0.05) is 24.2 Å². The fraction of sp³-hybridized carbons (Fsp3) is 0.550. The zero-order valence-electron chi connectivity index (χ0n) is 15.0. The lowest BCUT2D eigenvalue weighted by molar-refractivity contribution is -0.137. The Morgan fingerprint density at radius 1 is 1.28 bits per heavy atom. The molecule has 0 unspecified atom stereocenters. The van der Waals surface area contributed by atoms with Crippen LogP contribution in [0.3, 0.4) is 0 Å². The van der Waals surface area contributed by atoms with Gasteiger partial charge < -0.3 is 19.5 Å². The van der Waals surface area contributed by atoms with Gasteiger partial charge in [0.1, 0.15) is 0 Å². The molecule has 0 radical (unpaired) electrons.